The molecule has 0 radical (unpaired) electrons. The summed E-state index contributed by atoms with van der Waals surface area (Å²) in [5.74, 6) is 0.325. The van der Waals surface area contributed by atoms with Gasteiger partial charge >= 0.3 is 0 Å². The molecule has 5 nitrogen and oxygen atoms in total. The van der Waals surface area contributed by atoms with Crippen molar-refractivity contribution < 1.29 is 14.3 Å². The molecule has 1 heterocycles. The maximum atomic E-state index is 12.9. The molecule has 1 amide bonds. The van der Waals surface area contributed by atoms with Crippen molar-refractivity contribution in [3.8, 4) is 5.75 Å². The van der Waals surface area contributed by atoms with E-state index in [2.05, 4.69) is 17.0 Å². The SMILES string of the molecule is CCCOc1ccc(C(=O)N2CCN(c3ccccc3)CC2)cc1C(=O)Cl. The molecule has 0 aromatic heterocycles. The van der Waals surface area contributed by atoms with E-state index in [4.69, 9.17) is 16.3 Å². The molecule has 1 aliphatic heterocycles. The number of hydrogen-bond acceptors (Lipinski definition) is 4. The van der Waals surface area contributed by atoms with E-state index in [1.807, 2.05) is 30.0 Å². The molecule has 6 heteroatoms. The largest absolute Gasteiger partial charge is 0.493 e. The first-order valence-electron chi connectivity index (χ1n) is 9.16. The summed E-state index contributed by atoms with van der Waals surface area (Å²) in [6.45, 7) is 5.28. The number of para-hydroxylation sites is 1. The van der Waals surface area contributed by atoms with E-state index in [1.54, 1.807) is 12.1 Å². The molecule has 0 saturated carbocycles. The maximum absolute atomic E-state index is 12.9. The minimum Gasteiger partial charge on any atom is -0.493 e. The number of rotatable bonds is 6. The van der Waals surface area contributed by atoms with Crippen LogP contribution in [0, 0.1) is 0 Å². The van der Waals surface area contributed by atoms with E-state index < -0.39 is 5.24 Å². The van der Waals surface area contributed by atoms with Gasteiger partial charge < -0.3 is 14.5 Å². The molecular weight excluding hydrogens is 364 g/mol. The van der Waals surface area contributed by atoms with E-state index in [1.165, 1.54) is 6.07 Å². The maximum Gasteiger partial charge on any atom is 0.256 e. The fraction of sp³-hybridized carbons (Fsp3) is 0.333. The molecule has 0 spiro atoms. The number of carbonyl (C=O) groups is 2. The number of ether oxygens (including phenoxy) is 1. The van der Waals surface area contributed by atoms with Crippen molar-refractivity contribution in [1.29, 1.82) is 0 Å². The van der Waals surface area contributed by atoms with Gasteiger partial charge in [-0.1, -0.05) is 25.1 Å². The molecule has 3 rings (SSSR count). The Hall–Kier alpha value is -2.53. The van der Waals surface area contributed by atoms with Gasteiger partial charge in [0.2, 0.25) is 0 Å². The lowest BCUT2D eigenvalue weighted by Gasteiger charge is -2.36. The summed E-state index contributed by atoms with van der Waals surface area (Å²) in [5.41, 5.74) is 1.85. The summed E-state index contributed by atoms with van der Waals surface area (Å²) in [5, 5.41) is -0.621. The third kappa shape index (κ3) is 4.61. The number of anilines is 1. The van der Waals surface area contributed by atoms with Gasteiger partial charge in [-0.05, 0) is 48.4 Å². The van der Waals surface area contributed by atoms with Gasteiger partial charge in [0.05, 0.1) is 12.2 Å². The number of carbonyl (C=O) groups excluding carboxylic acids is 2. The van der Waals surface area contributed by atoms with Crippen LogP contribution >= 0.6 is 11.6 Å². The topological polar surface area (TPSA) is 49.9 Å². The summed E-state index contributed by atoms with van der Waals surface area (Å²) in [4.78, 5) is 28.7. The normalized spacial score (nSPS) is 14.1. The highest BCUT2D eigenvalue weighted by Crippen LogP contribution is 2.24. The van der Waals surface area contributed by atoms with Crippen molar-refractivity contribution in [3.05, 3.63) is 59.7 Å². The fourth-order valence-electron chi connectivity index (χ4n) is 3.14. The first-order valence-corrected chi connectivity index (χ1v) is 9.54. The number of nitrogens with zero attached hydrogens (tertiary/aromatic N) is 2. The van der Waals surface area contributed by atoms with Crippen LogP contribution in [0.15, 0.2) is 48.5 Å². The van der Waals surface area contributed by atoms with E-state index in [9.17, 15) is 9.59 Å². The summed E-state index contributed by atoms with van der Waals surface area (Å²) in [7, 11) is 0. The third-order valence-electron chi connectivity index (χ3n) is 4.59. The Morgan fingerprint density at radius 3 is 2.37 bits per heavy atom. The fourth-order valence-corrected chi connectivity index (χ4v) is 3.29. The van der Waals surface area contributed by atoms with Gasteiger partial charge in [-0.15, -0.1) is 0 Å². The second-order valence-corrected chi connectivity index (χ2v) is 6.79. The average molecular weight is 387 g/mol. The van der Waals surface area contributed by atoms with Gasteiger partial charge in [-0.3, -0.25) is 9.59 Å². The zero-order chi connectivity index (χ0) is 19.2. The van der Waals surface area contributed by atoms with E-state index in [-0.39, 0.29) is 11.5 Å². The monoisotopic (exact) mass is 386 g/mol. The minimum absolute atomic E-state index is 0.0936. The van der Waals surface area contributed by atoms with Gasteiger partial charge in [0.25, 0.3) is 11.1 Å². The predicted octanol–water partition coefficient (Wildman–Crippen LogP) is 3.82. The standard InChI is InChI=1S/C21H23ClN2O3/c1-2-14-27-19-9-8-16(15-18(19)20(22)25)21(26)24-12-10-23(11-13-24)17-6-4-3-5-7-17/h3-9,15H,2,10-14H2,1H3. The molecular formula is C21H23ClN2O3. The number of hydrogen-bond donors (Lipinski definition) is 0. The Morgan fingerprint density at radius 2 is 1.74 bits per heavy atom. The molecule has 0 N–H and O–H groups in total. The van der Waals surface area contributed by atoms with Crippen LogP contribution in [0.5, 0.6) is 5.75 Å². The van der Waals surface area contributed by atoms with Crippen molar-refractivity contribution in [1.82, 2.24) is 4.90 Å². The van der Waals surface area contributed by atoms with Crippen molar-refractivity contribution in [2.24, 2.45) is 0 Å². The Balaban J connectivity index is 1.69. The van der Waals surface area contributed by atoms with Gasteiger partial charge in [-0.25, -0.2) is 0 Å². The molecule has 0 atom stereocenters. The Bertz CT molecular complexity index is 802. The zero-order valence-electron chi connectivity index (χ0n) is 15.4. The van der Waals surface area contributed by atoms with Crippen LogP contribution in [0.4, 0.5) is 5.69 Å². The summed E-state index contributed by atoms with van der Waals surface area (Å²) >= 11 is 5.69. The minimum atomic E-state index is -0.621. The van der Waals surface area contributed by atoms with Crippen molar-refractivity contribution in [2.45, 2.75) is 13.3 Å². The lowest BCUT2D eigenvalue weighted by molar-refractivity contribution is 0.0746. The molecule has 1 aliphatic rings. The van der Waals surface area contributed by atoms with Crippen LogP contribution in [-0.2, 0) is 0 Å². The van der Waals surface area contributed by atoms with E-state index in [0.29, 0.717) is 31.0 Å². The molecule has 2 aromatic rings. The zero-order valence-corrected chi connectivity index (χ0v) is 16.1. The molecule has 142 valence electrons. The number of halogens is 1. The smallest absolute Gasteiger partial charge is 0.256 e. The lowest BCUT2D eigenvalue weighted by atomic mass is 10.1. The molecule has 2 aromatic carbocycles. The third-order valence-corrected chi connectivity index (χ3v) is 4.79. The van der Waals surface area contributed by atoms with Crippen molar-refractivity contribution in [3.63, 3.8) is 0 Å². The molecule has 0 aliphatic carbocycles. The van der Waals surface area contributed by atoms with Gasteiger partial charge in [-0.2, -0.15) is 0 Å². The summed E-state index contributed by atoms with van der Waals surface area (Å²) in [6.07, 6.45) is 0.822. The van der Waals surface area contributed by atoms with Gasteiger partial charge in [0.1, 0.15) is 5.75 Å². The Kier molecular flexibility index (Phi) is 6.35. The average Bonchev–Trinajstić information content (AvgIpc) is 2.72. The van der Waals surface area contributed by atoms with E-state index in [0.717, 1.165) is 25.2 Å². The van der Waals surface area contributed by atoms with Crippen LogP contribution in [-0.4, -0.2) is 48.8 Å². The molecule has 0 bridgehead atoms. The summed E-state index contributed by atoms with van der Waals surface area (Å²) in [6, 6.07) is 15.0. The first-order chi connectivity index (χ1) is 13.1. The van der Waals surface area contributed by atoms with Crippen LogP contribution in [0.3, 0.4) is 0 Å². The lowest BCUT2D eigenvalue weighted by Crippen LogP contribution is -2.48. The quantitative estimate of drug-likeness (QED) is 0.708. The van der Waals surface area contributed by atoms with Crippen LogP contribution < -0.4 is 9.64 Å². The van der Waals surface area contributed by atoms with E-state index >= 15 is 0 Å². The molecule has 1 fully saturated rings. The van der Waals surface area contributed by atoms with Gasteiger partial charge in [0, 0.05) is 37.4 Å². The van der Waals surface area contributed by atoms with Crippen molar-refractivity contribution in [2.75, 3.05) is 37.7 Å². The highest BCUT2D eigenvalue weighted by Gasteiger charge is 2.23. The molecule has 1 saturated heterocycles. The second-order valence-electron chi connectivity index (χ2n) is 6.45. The highest BCUT2D eigenvalue weighted by molar-refractivity contribution is 6.68. The van der Waals surface area contributed by atoms with Crippen LogP contribution in [0.2, 0.25) is 0 Å². The molecule has 0 unspecified atom stereocenters. The Labute approximate surface area is 164 Å². The second kappa shape index (κ2) is 8.91. The number of amides is 1. The Morgan fingerprint density at radius 1 is 1.04 bits per heavy atom. The highest BCUT2D eigenvalue weighted by atomic mass is 35.5. The van der Waals surface area contributed by atoms with Crippen LogP contribution in [0.25, 0.3) is 0 Å². The van der Waals surface area contributed by atoms with Crippen LogP contribution in [0.1, 0.15) is 34.1 Å². The number of piperazine rings is 1. The van der Waals surface area contributed by atoms with Crippen molar-refractivity contribution >= 4 is 28.4 Å². The molecule has 27 heavy (non-hydrogen) atoms. The van der Waals surface area contributed by atoms with Gasteiger partial charge in [0.15, 0.2) is 0 Å². The first kappa shape index (κ1) is 19.2. The predicted molar refractivity (Wildman–Crippen MR) is 107 cm³/mol. The summed E-state index contributed by atoms with van der Waals surface area (Å²) < 4.78 is 5.55. The number of benzene rings is 2.